The van der Waals surface area contributed by atoms with Gasteiger partial charge in [0.15, 0.2) is 0 Å². The van der Waals surface area contributed by atoms with E-state index >= 15 is 0 Å². The highest BCUT2D eigenvalue weighted by Crippen LogP contribution is 2.47. The van der Waals surface area contributed by atoms with E-state index in [9.17, 15) is 15.0 Å². The van der Waals surface area contributed by atoms with Crippen molar-refractivity contribution < 1.29 is 15.0 Å². The van der Waals surface area contributed by atoms with Crippen molar-refractivity contribution in [2.75, 3.05) is 0 Å². The van der Waals surface area contributed by atoms with Crippen LogP contribution in [0, 0.1) is 0 Å². The number of phenolic OH excluding ortho intramolecular Hbond substituents is 1. The molecule has 30 heavy (non-hydrogen) atoms. The molecule has 154 valence electrons. The Bertz CT molecular complexity index is 1140. The zero-order valence-corrected chi connectivity index (χ0v) is 18.0. The molecule has 0 radical (unpaired) electrons. The number of para-hydroxylation sites is 1. The summed E-state index contributed by atoms with van der Waals surface area (Å²) in [5.74, 6) is -0.772. The van der Waals surface area contributed by atoms with Crippen LogP contribution in [0.15, 0.2) is 60.7 Å². The van der Waals surface area contributed by atoms with Crippen molar-refractivity contribution in [2.24, 2.45) is 0 Å². The molecule has 3 aromatic carbocycles. The number of carbonyl (C=O) groups is 1. The van der Waals surface area contributed by atoms with Crippen LogP contribution >= 0.6 is 0 Å². The Labute approximate surface area is 178 Å². The minimum atomic E-state index is -0.953. The van der Waals surface area contributed by atoms with Gasteiger partial charge in [0.1, 0.15) is 5.75 Å². The van der Waals surface area contributed by atoms with Gasteiger partial charge in [-0.3, -0.25) is 0 Å². The number of carboxylic acids is 1. The normalized spacial score (nSPS) is 16.7. The average molecular weight is 401 g/mol. The predicted molar refractivity (Wildman–Crippen MR) is 121 cm³/mol. The molecule has 0 saturated carbocycles. The Hall–Kier alpha value is -3.07. The van der Waals surface area contributed by atoms with Crippen LogP contribution < -0.4 is 0 Å². The van der Waals surface area contributed by atoms with Gasteiger partial charge in [-0.1, -0.05) is 70.2 Å². The van der Waals surface area contributed by atoms with Gasteiger partial charge in [-0.05, 0) is 69.7 Å². The molecular formula is C27H28O3. The van der Waals surface area contributed by atoms with Crippen molar-refractivity contribution in [1.29, 1.82) is 0 Å². The minimum Gasteiger partial charge on any atom is -0.507 e. The number of rotatable bonds is 3. The Morgan fingerprint density at radius 2 is 1.37 bits per heavy atom. The molecule has 2 N–H and O–H groups in total. The third-order valence-corrected chi connectivity index (χ3v) is 6.63. The van der Waals surface area contributed by atoms with Crippen molar-refractivity contribution in [3.8, 4) is 28.0 Å². The summed E-state index contributed by atoms with van der Waals surface area (Å²) in [4.78, 5) is 12.0. The molecule has 4 rings (SSSR count). The lowest BCUT2D eigenvalue weighted by Crippen LogP contribution is -2.33. The van der Waals surface area contributed by atoms with Gasteiger partial charge in [0.25, 0.3) is 0 Å². The minimum absolute atomic E-state index is 0.0412. The SMILES string of the molecule is CC1(C)CCC(C)(C)c2cc(-c3cc(-c4ccccc4O)ccc3C(=O)O)ccc21. The first-order valence-electron chi connectivity index (χ1n) is 10.4. The molecule has 1 aliphatic carbocycles. The number of hydrogen-bond acceptors (Lipinski definition) is 2. The lowest BCUT2D eigenvalue weighted by Gasteiger charge is -2.42. The summed E-state index contributed by atoms with van der Waals surface area (Å²) >= 11 is 0. The number of aromatic hydroxyl groups is 1. The average Bonchev–Trinajstić information content (AvgIpc) is 2.71. The van der Waals surface area contributed by atoms with Crippen molar-refractivity contribution in [2.45, 2.75) is 51.4 Å². The number of fused-ring (bicyclic) bond motifs is 1. The van der Waals surface area contributed by atoms with E-state index in [1.54, 1.807) is 24.3 Å². The van der Waals surface area contributed by atoms with Crippen LogP contribution in [0.5, 0.6) is 5.75 Å². The Kier molecular flexibility index (Phi) is 4.73. The molecule has 3 nitrogen and oxygen atoms in total. The van der Waals surface area contributed by atoms with Crippen LogP contribution in [0.2, 0.25) is 0 Å². The van der Waals surface area contributed by atoms with Gasteiger partial charge >= 0.3 is 5.97 Å². The van der Waals surface area contributed by atoms with Crippen LogP contribution in [0.4, 0.5) is 0 Å². The molecule has 0 aliphatic heterocycles. The summed E-state index contributed by atoms with van der Waals surface area (Å²) in [6.45, 7) is 9.09. The lowest BCUT2D eigenvalue weighted by molar-refractivity contribution is 0.0697. The van der Waals surface area contributed by atoms with Crippen LogP contribution in [-0.2, 0) is 10.8 Å². The molecule has 0 fully saturated rings. The Morgan fingerprint density at radius 3 is 2.03 bits per heavy atom. The molecule has 3 aromatic rings. The van der Waals surface area contributed by atoms with Gasteiger partial charge < -0.3 is 10.2 Å². The van der Waals surface area contributed by atoms with Gasteiger partial charge in [-0.2, -0.15) is 0 Å². The van der Waals surface area contributed by atoms with E-state index in [4.69, 9.17) is 0 Å². The molecule has 0 aromatic heterocycles. The Balaban J connectivity index is 1.93. The fraction of sp³-hybridized carbons (Fsp3) is 0.296. The summed E-state index contributed by atoms with van der Waals surface area (Å²) in [7, 11) is 0. The van der Waals surface area contributed by atoms with E-state index in [-0.39, 0.29) is 22.1 Å². The van der Waals surface area contributed by atoms with Crippen molar-refractivity contribution >= 4 is 5.97 Å². The third kappa shape index (κ3) is 3.39. The van der Waals surface area contributed by atoms with Crippen molar-refractivity contribution in [3.63, 3.8) is 0 Å². The summed E-state index contributed by atoms with van der Waals surface area (Å²) < 4.78 is 0. The van der Waals surface area contributed by atoms with Crippen LogP contribution in [0.3, 0.4) is 0 Å². The summed E-state index contributed by atoms with van der Waals surface area (Å²) in [5.41, 5.74) is 6.11. The van der Waals surface area contributed by atoms with E-state index < -0.39 is 5.97 Å². The molecule has 1 aliphatic rings. The standard InChI is InChI=1S/C27H28O3/c1-26(2)13-14-27(3,4)23-16-18(10-12-22(23)26)21-15-17(9-11-20(21)25(29)30)19-7-5-6-8-24(19)28/h5-12,15-16,28H,13-14H2,1-4H3,(H,29,30). The number of aromatic carboxylic acids is 1. The maximum absolute atomic E-state index is 12.0. The molecule has 0 bridgehead atoms. The van der Waals surface area contributed by atoms with Crippen molar-refractivity contribution in [1.82, 2.24) is 0 Å². The smallest absolute Gasteiger partial charge is 0.336 e. The van der Waals surface area contributed by atoms with Gasteiger partial charge in [-0.15, -0.1) is 0 Å². The first-order valence-corrected chi connectivity index (χ1v) is 10.4. The van der Waals surface area contributed by atoms with Crippen LogP contribution in [-0.4, -0.2) is 16.2 Å². The van der Waals surface area contributed by atoms with Gasteiger partial charge in [0, 0.05) is 5.56 Å². The molecule has 3 heteroatoms. The Morgan fingerprint density at radius 1 is 0.767 bits per heavy atom. The van der Waals surface area contributed by atoms with Gasteiger partial charge in [0.2, 0.25) is 0 Å². The number of phenols is 1. The van der Waals surface area contributed by atoms with E-state index in [2.05, 4.69) is 39.8 Å². The second-order valence-corrected chi connectivity index (χ2v) is 9.61. The van der Waals surface area contributed by atoms with Crippen LogP contribution in [0.25, 0.3) is 22.3 Å². The first-order chi connectivity index (χ1) is 14.1. The van der Waals surface area contributed by atoms with Crippen LogP contribution in [0.1, 0.15) is 62.0 Å². The molecule has 0 unspecified atom stereocenters. The van der Waals surface area contributed by atoms with Gasteiger partial charge in [0.05, 0.1) is 5.56 Å². The topological polar surface area (TPSA) is 57.5 Å². The zero-order chi connectivity index (χ0) is 21.7. The third-order valence-electron chi connectivity index (χ3n) is 6.63. The fourth-order valence-corrected chi connectivity index (χ4v) is 4.61. The fourth-order valence-electron chi connectivity index (χ4n) is 4.61. The van der Waals surface area contributed by atoms with E-state index in [0.717, 1.165) is 24.0 Å². The van der Waals surface area contributed by atoms with E-state index in [1.807, 2.05) is 24.3 Å². The molecule has 0 atom stereocenters. The summed E-state index contributed by atoms with van der Waals surface area (Å²) in [6, 6.07) is 18.8. The first kappa shape index (κ1) is 20.2. The zero-order valence-electron chi connectivity index (χ0n) is 18.0. The highest BCUT2D eigenvalue weighted by atomic mass is 16.4. The highest BCUT2D eigenvalue weighted by molar-refractivity contribution is 5.97. The maximum Gasteiger partial charge on any atom is 0.336 e. The number of hydrogen-bond donors (Lipinski definition) is 2. The molecule has 0 saturated heterocycles. The molecule has 0 amide bonds. The largest absolute Gasteiger partial charge is 0.507 e. The van der Waals surface area contributed by atoms with E-state index in [0.29, 0.717) is 11.1 Å². The monoisotopic (exact) mass is 400 g/mol. The number of carboxylic acid groups (broad SMARTS) is 1. The number of benzene rings is 3. The maximum atomic E-state index is 12.0. The lowest BCUT2D eigenvalue weighted by atomic mass is 9.63. The quantitative estimate of drug-likeness (QED) is 0.510. The van der Waals surface area contributed by atoms with Gasteiger partial charge in [-0.25, -0.2) is 4.79 Å². The summed E-state index contributed by atoms with van der Waals surface area (Å²) in [5, 5.41) is 20.1. The molecular weight excluding hydrogens is 372 g/mol. The predicted octanol–water partition coefficient (Wildman–Crippen LogP) is 6.77. The summed E-state index contributed by atoms with van der Waals surface area (Å²) in [6.07, 6.45) is 2.23. The van der Waals surface area contributed by atoms with E-state index in [1.165, 1.54) is 11.1 Å². The second-order valence-electron chi connectivity index (χ2n) is 9.61. The molecule has 0 heterocycles. The second kappa shape index (κ2) is 7.02. The highest BCUT2D eigenvalue weighted by Gasteiger charge is 2.37. The van der Waals surface area contributed by atoms with Crippen molar-refractivity contribution in [3.05, 3.63) is 77.4 Å². The molecule has 0 spiro atoms.